The van der Waals surface area contributed by atoms with Crippen molar-refractivity contribution in [3.8, 4) is 6.07 Å². The van der Waals surface area contributed by atoms with E-state index >= 15 is 0 Å². The second kappa shape index (κ2) is 4.79. The molecule has 1 aromatic rings. The molecule has 0 fully saturated rings. The van der Waals surface area contributed by atoms with E-state index in [0.717, 1.165) is 12.8 Å². The average molecular weight is 203 g/mol. The zero-order valence-electron chi connectivity index (χ0n) is 9.54. The van der Waals surface area contributed by atoms with Gasteiger partial charge in [-0.3, -0.25) is 0 Å². The number of anilines is 1. The number of rotatable bonds is 4. The van der Waals surface area contributed by atoms with E-state index in [0.29, 0.717) is 11.4 Å². The van der Waals surface area contributed by atoms with E-state index in [1.165, 1.54) is 0 Å². The van der Waals surface area contributed by atoms with Crippen LogP contribution in [0.2, 0.25) is 0 Å². The molecule has 0 bridgehead atoms. The Morgan fingerprint density at radius 2 is 2.13 bits per heavy atom. The third-order valence-electron chi connectivity index (χ3n) is 2.91. The summed E-state index contributed by atoms with van der Waals surface area (Å²) in [5.74, 6) is 0.686. The average Bonchev–Trinajstić information content (AvgIpc) is 2.29. The summed E-state index contributed by atoms with van der Waals surface area (Å²) in [5, 5.41) is 12.3. The van der Waals surface area contributed by atoms with Crippen molar-refractivity contribution in [3.05, 3.63) is 23.9 Å². The van der Waals surface area contributed by atoms with E-state index in [2.05, 4.69) is 37.1 Å². The van der Waals surface area contributed by atoms with Gasteiger partial charge in [-0.25, -0.2) is 4.98 Å². The van der Waals surface area contributed by atoms with Crippen molar-refractivity contribution >= 4 is 5.82 Å². The van der Waals surface area contributed by atoms with Gasteiger partial charge in [-0.1, -0.05) is 13.8 Å². The molecule has 1 N–H and O–H groups in total. The lowest BCUT2D eigenvalue weighted by atomic mass is 9.95. The number of hydrogen-bond donors (Lipinski definition) is 1. The summed E-state index contributed by atoms with van der Waals surface area (Å²) in [6.07, 6.45) is 3.71. The van der Waals surface area contributed by atoms with Gasteiger partial charge in [-0.15, -0.1) is 0 Å². The van der Waals surface area contributed by atoms with Crippen LogP contribution in [0, 0.1) is 11.3 Å². The minimum atomic E-state index is 0.0138. The fraction of sp³-hybridized carbons (Fsp3) is 0.500. The first-order chi connectivity index (χ1) is 7.15. The van der Waals surface area contributed by atoms with Gasteiger partial charge in [0.25, 0.3) is 0 Å². The molecule has 0 atom stereocenters. The van der Waals surface area contributed by atoms with Gasteiger partial charge >= 0.3 is 0 Å². The van der Waals surface area contributed by atoms with Crippen LogP contribution in [0.15, 0.2) is 18.3 Å². The quantitative estimate of drug-likeness (QED) is 0.818. The molecule has 0 aliphatic rings. The van der Waals surface area contributed by atoms with Crippen LogP contribution in [0.3, 0.4) is 0 Å². The Kier molecular flexibility index (Phi) is 3.68. The Balaban J connectivity index is 2.94. The van der Waals surface area contributed by atoms with Crippen LogP contribution in [0.1, 0.15) is 39.2 Å². The van der Waals surface area contributed by atoms with Gasteiger partial charge in [-0.05, 0) is 31.9 Å². The number of pyridine rings is 1. The maximum atomic E-state index is 8.93. The molecular weight excluding hydrogens is 186 g/mol. The van der Waals surface area contributed by atoms with E-state index in [1.807, 2.05) is 0 Å². The van der Waals surface area contributed by atoms with Crippen molar-refractivity contribution in [2.75, 3.05) is 5.32 Å². The van der Waals surface area contributed by atoms with Crippen molar-refractivity contribution in [2.24, 2.45) is 0 Å². The van der Waals surface area contributed by atoms with Gasteiger partial charge in [0.2, 0.25) is 0 Å². The second-order valence-corrected chi connectivity index (χ2v) is 3.90. The molecule has 1 heterocycles. The predicted octanol–water partition coefficient (Wildman–Crippen LogP) is 2.94. The molecule has 0 amide bonds. The van der Waals surface area contributed by atoms with Crippen molar-refractivity contribution in [1.29, 1.82) is 5.26 Å². The third kappa shape index (κ3) is 2.69. The molecule has 80 valence electrons. The van der Waals surface area contributed by atoms with Crippen molar-refractivity contribution in [3.63, 3.8) is 0 Å². The molecule has 0 aliphatic carbocycles. The topological polar surface area (TPSA) is 48.7 Å². The highest BCUT2D eigenvalue weighted by Crippen LogP contribution is 2.22. The molecule has 0 unspecified atom stereocenters. The van der Waals surface area contributed by atoms with Gasteiger partial charge < -0.3 is 5.32 Å². The van der Waals surface area contributed by atoms with Crippen LogP contribution in [-0.2, 0) is 0 Å². The highest BCUT2D eigenvalue weighted by molar-refractivity contribution is 5.52. The first kappa shape index (κ1) is 11.5. The molecule has 0 aromatic carbocycles. The highest BCUT2D eigenvalue weighted by Gasteiger charge is 2.20. The number of hydrogen-bond acceptors (Lipinski definition) is 3. The lowest BCUT2D eigenvalue weighted by molar-refractivity contribution is 0.476. The Bertz CT molecular complexity index is 361. The zero-order valence-corrected chi connectivity index (χ0v) is 9.54. The fourth-order valence-corrected chi connectivity index (χ4v) is 1.31. The normalized spacial score (nSPS) is 10.8. The molecule has 15 heavy (non-hydrogen) atoms. The Morgan fingerprint density at radius 3 is 2.67 bits per heavy atom. The van der Waals surface area contributed by atoms with Gasteiger partial charge in [0.05, 0.1) is 5.56 Å². The maximum absolute atomic E-state index is 8.93. The smallest absolute Gasteiger partial charge is 0.144 e. The van der Waals surface area contributed by atoms with Gasteiger partial charge in [0.1, 0.15) is 11.9 Å². The number of nitrogens with one attached hydrogen (secondary N) is 1. The number of aromatic nitrogens is 1. The SMILES string of the molecule is CCC(C)(CC)Nc1ncccc1C#N. The lowest BCUT2D eigenvalue weighted by Gasteiger charge is -2.29. The molecule has 0 saturated carbocycles. The minimum Gasteiger partial charge on any atom is -0.364 e. The molecule has 0 spiro atoms. The Labute approximate surface area is 91.1 Å². The Hall–Kier alpha value is -1.56. The molecule has 0 aliphatic heterocycles. The molecule has 1 aromatic heterocycles. The largest absolute Gasteiger partial charge is 0.364 e. The number of nitrogens with zero attached hydrogens (tertiary/aromatic N) is 2. The monoisotopic (exact) mass is 203 g/mol. The molecular formula is C12H17N3. The molecule has 3 nitrogen and oxygen atoms in total. The first-order valence-electron chi connectivity index (χ1n) is 5.28. The molecule has 0 radical (unpaired) electrons. The van der Waals surface area contributed by atoms with E-state index in [4.69, 9.17) is 5.26 Å². The summed E-state index contributed by atoms with van der Waals surface area (Å²) >= 11 is 0. The summed E-state index contributed by atoms with van der Waals surface area (Å²) < 4.78 is 0. The molecule has 1 rings (SSSR count). The van der Waals surface area contributed by atoms with Crippen LogP contribution in [0.4, 0.5) is 5.82 Å². The lowest BCUT2D eigenvalue weighted by Crippen LogP contribution is -2.33. The van der Waals surface area contributed by atoms with Crippen LogP contribution in [-0.4, -0.2) is 10.5 Å². The van der Waals surface area contributed by atoms with Crippen LogP contribution in [0.25, 0.3) is 0 Å². The van der Waals surface area contributed by atoms with Crippen LogP contribution < -0.4 is 5.32 Å². The standard InChI is InChI=1S/C12H17N3/c1-4-12(3,5-2)15-11-10(9-13)7-6-8-14-11/h6-8H,4-5H2,1-3H3,(H,14,15). The van der Waals surface area contributed by atoms with E-state index < -0.39 is 0 Å². The van der Waals surface area contributed by atoms with Crippen molar-refractivity contribution < 1.29 is 0 Å². The fourth-order valence-electron chi connectivity index (χ4n) is 1.31. The highest BCUT2D eigenvalue weighted by atomic mass is 15.0. The summed E-state index contributed by atoms with van der Waals surface area (Å²) in [7, 11) is 0. The summed E-state index contributed by atoms with van der Waals surface area (Å²) in [4.78, 5) is 4.20. The van der Waals surface area contributed by atoms with Crippen molar-refractivity contribution in [1.82, 2.24) is 4.98 Å². The van der Waals surface area contributed by atoms with E-state index in [-0.39, 0.29) is 5.54 Å². The van der Waals surface area contributed by atoms with E-state index in [1.54, 1.807) is 18.3 Å². The van der Waals surface area contributed by atoms with Crippen molar-refractivity contribution in [2.45, 2.75) is 39.2 Å². The summed E-state index contributed by atoms with van der Waals surface area (Å²) in [6, 6.07) is 5.70. The first-order valence-corrected chi connectivity index (χ1v) is 5.28. The van der Waals surface area contributed by atoms with Crippen LogP contribution >= 0.6 is 0 Å². The second-order valence-electron chi connectivity index (χ2n) is 3.90. The van der Waals surface area contributed by atoms with Gasteiger partial charge in [-0.2, -0.15) is 5.26 Å². The van der Waals surface area contributed by atoms with Crippen LogP contribution in [0.5, 0.6) is 0 Å². The van der Waals surface area contributed by atoms with E-state index in [9.17, 15) is 0 Å². The van der Waals surface area contributed by atoms with Gasteiger partial charge in [0.15, 0.2) is 0 Å². The Morgan fingerprint density at radius 1 is 1.47 bits per heavy atom. The molecule has 3 heteroatoms. The summed E-state index contributed by atoms with van der Waals surface area (Å²) in [6.45, 7) is 6.40. The summed E-state index contributed by atoms with van der Waals surface area (Å²) in [5.41, 5.74) is 0.616. The third-order valence-corrected chi connectivity index (χ3v) is 2.91. The number of nitriles is 1. The molecule has 0 saturated heterocycles. The predicted molar refractivity (Wildman–Crippen MR) is 61.6 cm³/mol. The zero-order chi connectivity index (χ0) is 11.3. The van der Waals surface area contributed by atoms with Gasteiger partial charge in [0, 0.05) is 11.7 Å². The maximum Gasteiger partial charge on any atom is 0.144 e. The minimum absolute atomic E-state index is 0.0138.